The highest BCUT2D eigenvalue weighted by molar-refractivity contribution is 7.13. The Kier molecular flexibility index (Phi) is 5.47. The summed E-state index contributed by atoms with van der Waals surface area (Å²) in [4.78, 5) is 28.5. The summed E-state index contributed by atoms with van der Waals surface area (Å²) in [5.41, 5.74) is 1.71. The lowest BCUT2D eigenvalue weighted by molar-refractivity contribution is 0.0672. The van der Waals surface area contributed by atoms with Gasteiger partial charge in [-0.1, -0.05) is 5.16 Å². The van der Waals surface area contributed by atoms with Gasteiger partial charge in [0, 0.05) is 37.5 Å². The number of hydrogen-bond acceptors (Lipinski definition) is 7. The van der Waals surface area contributed by atoms with Crippen molar-refractivity contribution in [2.24, 2.45) is 5.92 Å². The molecule has 3 aromatic rings. The van der Waals surface area contributed by atoms with E-state index in [4.69, 9.17) is 4.52 Å². The Morgan fingerprint density at radius 1 is 1.29 bits per heavy atom. The van der Waals surface area contributed by atoms with Crippen LogP contribution >= 0.6 is 11.3 Å². The van der Waals surface area contributed by atoms with Crippen molar-refractivity contribution in [2.75, 3.05) is 13.1 Å². The Morgan fingerprint density at radius 2 is 2.11 bits per heavy atom. The molecule has 1 unspecified atom stereocenters. The fraction of sp³-hybridized carbons (Fsp3) is 0.450. The van der Waals surface area contributed by atoms with Crippen molar-refractivity contribution in [1.29, 1.82) is 0 Å². The minimum absolute atomic E-state index is 0.118. The zero-order valence-electron chi connectivity index (χ0n) is 16.1. The van der Waals surface area contributed by atoms with Crippen molar-refractivity contribution in [3.05, 3.63) is 45.9 Å². The number of thiazole rings is 1. The first-order chi connectivity index (χ1) is 13.6. The summed E-state index contributed by atoms with van der Waals surface area (Å²) in [6.45, 7) is 5.46. The summed E-state index contributed by atoms with van der Waals surface area (Å²) in [5.74, 6) is 1.81. The zero-order chi connectivity index (χ0) is 19.5. The Labute approximate surface area is 167 Å². The van der Waals surface area contributed by atoms with Gasteiger partial charge >= 0.3 is 0 Å². The van der Waals surface area contributed by atoms with Gasteiger partial charge in [-0.05, 0) is 51.2 Å². The second-order valence-corrected chi connectivity index (χ2v) is 8.40. The first kappa shape index (κ1) is 18.7. The van der Waals surface area contributed by atoms with Crippen LogP contribution in [0.1, 0.15) is 45.5 Å². The third-order valence-electron chi connectivity index (χ3n) is 5.08. The molecule has 0 spiro atoms. The molecule has 7 nitrogen and oxygen atoms in total. The number of pyridine rings is 1. The minimum atomic E-state index is 0.118. The number of hydrogen-bond donors (Lipinski definition) is 0. The summed E-state index contributed by atoms with van der Waals surface area (Å²) in [6.07, 6.45) is 7.26. The van der Waals surface area contributed by atoms with E-state index in [0.29, 0.717) is 17.6 Å². The van der Waals surface area contributed by atoms with E-state index in [2.05, 4.69) is 20.1 Å². The van der Waals surface area contributed by atoms with Crippen LogP contribution in [0, 0.1) is 19.8 Å². The highest BCUT2D eigenvalue weighted by Crippen LogP contribution is 2.26. The van der Waals surface area contributed by atoms with Gasteiger partial charge in [-0.2, -0.15) is 4.98 Å². The van der Waals surface area contributed by atoms with Crippen LogP contribution in [-0.2, 0) is 6.42 Å². The molecule has 0 aromatic carbocycles. The van der Waals surface area contributed by atoms with Crippen LogP contribution in [0.25, 0.3) is 11.5 Å². The maximum atomic E-state index is 12.9. The number of piperidine rings is 1. The van der Waals surface area contributed by atoms with Gasteiger partial charge in [0.2, 0.25) is 0 Å². The van der Waals surface area contributed by atoms with Gasteiger partial charge < -0.3 is 9.42 Å². The van der Waals surface area contributed by atoms with Crippen molar-refractivity contribution in [3.63, 3.8) is 0 Å². The van der Waals surface area contributed by atoms with Gasteiger partial charge in [0.15, 0.2) is 5.82 Å². The molecule has 0 bridgehead atoms. The summed E-state index contributed by atoms with van der Waals surface area (Å²) in [5, 5.41) is 5.04. The minimum Gasteiger partial charge on any atom is -0.338 e. The molecule has 28 heavy (non-hydrogen) atoms. The molecule has 0 N–H and O–H groups in total. The number of amides is 1. The van der Waals surface area contributed by atoms with Gasteiger partial charge in [0.25, 0.3) is 11.8 Å². The lowest BCUT2D eigenvalue weighted by Crippen LogP contribution is -2.40. The van der Waals surface area contributed by atoms with Gasteiger partial charge in [0.1, 0.15) is 4.88 Å². The molecule has 0 saturated carbocycles. The van der Waals surface area contributed by atoms with E-state index in [0.717, 1.165) is 59.9 Å². The maximum Gasteiger partial charge on any atom is 0.265 e. The summed E-state index contributed by atoms with van der Waals surface area (Å²) in [6, 6.07) is 3.70. The first-order valence-corrected chi connectivity index (χ1v) is 10.4. The average molecular weight is 398 g/mol. The number of aryl methyl sites for hydroxylation is 3. The Balaban J connectivity index is 1.35. The van der Waals surface area contributed by atoms with Crippen LogP contribution in [0.4, 0.5) is 0 Å². The second kappa shape index (κ2) is 8.18. The Bertz CT molecular complexity index is 953. The Morgan fingerprint density at radius 3 is 2.86 bits per heavy atom. The van der Waals surface area contributed by atoms with Crippen molar-refractivity contribution in [1.82, 2.24) is 25.0 Å². The zero-order valence-corrected chi connectivity index (χ0v) is 16.9. The highest BCUT2D eigenvalue weighted by atomic mass is 32.1. The number of likely N-dealkylation sites (tertiary alicyclic amines) is 1. The van der Waals surface area contributed by atoms with E-state index in [1.165, 1.54) is 11.3 Å². The molecule has 1 aliphatic heterocycles. The molecule has 1 amide bonds. The normalized spacial score (nSPS) is 17.1. The molecule has 0 aliphatic carbocycles. The van der Waals surface area contributed by atoms with Crippen molar-refractivity contribution >= 4 is 17.2 Å². The number of rotatable bonds is 5. The van der Waals surface area contributed by atoms with Crippen LogP contribution in [-0.4, -0.2) is 44.0 Å². The van der Waals surface area contributed by atoms with E-state index < -0.39 is 0 Å². The van der Waals surface area contributed by atoms with Gasteiger partial charge in [0.05, 0.1) is 10.7 Å². The second-order valence-electron chi connectivity index (χ2n) is 7.20. The fourth-order valence-corrected chi connectivity index (χ4v) is 4.55. The number of carbonyl (C=O) groups is 1. The predicted octanol–water partition coefficient (Wildman–Crippen LogP) is 3.69. The molecular weight excluding hydrogens is 374 g/mol. The standard InChI is InChI=1S/C20H23N5O2S/c1-13-18(28-14(2)22-13)20(26)25-11-3-4-15(12-25)5-6-17-23-19(27-24-17)16-7-9-21-10-8-16/h7-10,15H,3-6,11-12H2,1-2H3. The van der Waals surface area contributed by atoms with Gasteiger partial charge in [-0.3, -0.25) is 9.78 Å². The van der Waals surface area contributed by atoms with Crippen LogP contribution in [0.5, 0.6) is 0 Å². The fourth-order valence-electron chi connectivity index (χ4n) is 3.66. The van der Waals surface area contributed by atoms with Gasteiger partial charge in [-0.15, -0.1) is 11.3 Å². The molecule has 3 aromatic heterocycles. The highest BCUT2D eigenvalue weighted by Gasteiger charge is 2.27. The number of carbonyl (C=O) groups excluding carboxylic acids is 1. The molecule has 4 heterocycles. The molecular formula is C20H23N5O2S. The smallest absolute Gasteiger partial charge is 0.265 e. The van der Waals surface area contributed by atoms with E-state index in [9.17, 15) is 4.79 Å². The van der Waals surface area contributed by atoms with Crippen LogP contribution in [0.15, 0.2) is 29.0 Å². The first-order valence-electron chi connectivity index (χ1n) is 9.56. The monoisotopic (exact) mass is 397 g/mol. The average Bonchev–Trinajstić information content (AvgIpc) is 3.33. The third-order valence-corrected chi connectivity index (χ3v) is 6.14. The van der Waals surface area contributed by atoms with E-state index >= 15 is 0 Å². The molecule has 8 heteroatoms. The van der Waals surface area contributed by atoms with E-state index in [1.807, 2.05) is 30.9 Å². The summed E-state index contributed by atoms with van der Waals surface area (Å²) >= 11 is 1.49. The lowest BCUT2D eigenvalue weighted by atomic mass is 9.93. The number of aromatic nitrogens is 4. The summed E-state index contributed by atoms with van der Waals surface area (Å²) in [7, 11) is 0. The molecule has 1 saturated heterocycles. The van der Waals surface area contributed by atoms with Crippen molar-refractivity contribution < 1.29 is 9.32 Å². The van der Waals surface area contributed by atoms with Crippen LogP contribution < -0.4 is 0 Å². The molecule has 1 aliphatic rings. The maximum absolute atomic E-state index is 12.9. The molecule has 146 valence electrons. The quantitative estimate of drug-likeness (QED) is 0.653. The molecule has 1 atom stereocenters. The van der Waals surface area contributed by atoms with E-state index in [-0.39, 0.29) is 5.91 Å². The van der Waals surface area contributed by atoms with Crippen molar-refractivity contribution in [2.45, 2.75) is 39.5 Å². The van der Waals surface area contributed by atoms with Crippen molar-refractivity contribution in [3.8, 4) is 11.5 Å². The molecule has 4 rings (SSSR count). The van der Waals surface area contributed by atoms with Gasteiger partial charge in [-0.25, -0.2) is 4.98 Å². The van der Waals surface area contributed by atoms with E-state index in [1.54, 1.807) is 12.4 Å². The predicted molar refractivity (Wildman–Crippen MR) is 106 cm³/mol. The SMILES string of the molecule is Cc1nc(C)c(C(=O)N2CCCC(CCc3noc(-c4ccncc4)n3)C2)s1. The Hall–Kier alpha value is -2.61. The lowest BCUT2D eigenvalue weighted by Gasteiger charge is -2.32. The molecule has 0 radical (unpaired) electrons. The summed E-state index contributed by atoms with van der Waals surface area (Å²) < 4.78 is 5.36. The molecule has 1 fully saturated rings. The topological polar surface area (TPSA) is 85.0 Å². The number of nitrogens with zero attached hydrogens (tertiary/aromatic N) is 5. The van der Waals surface area contributed by atoms with Crippen LogP contribution in [0.3, 0.4) is 0 Å². The largest absolute Gasteiger partial charge is 0.338 e. The van der Waals surface area contributed by atoms with Crippen LogP contribution in [0.2, 0.25) is 0 Å². The third kappa shape index (κ3) is 4.11.